The monoisotopic (exact) mass is 296 g/mol. The van der Waals surface area contributed by atoms with Gasteiger partial charge in [0.15, 0.2) is 0 Å². The molecule has 0 radical (unpaired) electrons. The fourth-order valence-corrected chi connectivity index (χ4v) is 2.15. The molecule has 2 aromatic carbocycles. The molecule has 0 aliphatic carbocycles. The van der Waals surface area contributed by atoms with E-state index in [1.54, 1.807) is 31.4 Å². The van der Waals surface area contributed by atoms with Crippen molar-refractivity contribution in [3.05, 3.63) is 71.2 Å². The van der Waals surface area contributed by atoms with Gasteiger partial charge in [-0.05, 0) is 35.9 Å². The highest BCUT2D eigenvalue weighted by Crippen LogP contribution is 2.21. The van der Waals surface area contributed by atoms with Crippen LogP contribution in [0.15, 0.2) is 59.2 Å². The number of nitrogens with zero attached hydrogens (tertiary/aromatic N) is 1. The van der Waals surface area contributed by atoms with E-state index in [0.717, 1.165) is 0 Å². The maximum atomic E-state index is 12.9. The Morgan fingerprint density at radius 1 is 1.14 bits per heavy atom. The third-order valence-electron chi connectivity index (χ3n) is 3.23. The van der Waals surface area contributed by atoms with Crippen molar-refractivity contribution >= 4 is 17.8 Å². The minimum absolute atomic E-state index is 0.271. The quantitative estimate of drug-likeness (QED) is 0.885. The Morgan fingerprint density at radius 3 is 2.59 bits per heavy atom. The molecule has 0 unspecified atom stereocenters. The molecule has 1 aliphatic rings. The number of hydrogen-bond donors (Lipinski definition) is 1. The Bertz CT molecular complexity index is 780. The van der Waals surface area contributed by atoms with Crippen LogP contribution in [0.25, 0.3) is 6.08 Å². The van der Waals surface area contributed by atoms with E-state index in [4.69, 9.17) is 4.74 Å². The number of carbonyl (C=O) groups is 1. The number of hydrogen-bond acceptors (Lipinski definition) is 3. The summed E-state index contributed by atoms with van der Waals surface area (Å²) in [7, 11) is 1.56. The van der Waals surface area contributed by atoms with Crippen molar-refractivity contribution in [3.8, 4) is 5.75 Å². The van der Waals surface area contributed by atoms with Crippen molar-refractivity contribution in [2.75, 3.05) is 7.11 Å². The molecule has 1 amide bonds. The Labute approximate surface area is 127 Å². The predicted octanol–water partition coefficient (Wildman–Crippen LogP) is 2.75. The van der Waals surface area contributed by atoms with Crippen LogP contribution in [0.2, 0.25) is 0 Å². The van der Waals surface area contributed by atoms with E-state index in [9.17, 15) is 9.18 Å². The van der Waals surface area contributed by atoms with Gasteiger partial charge in [0.25, 0.3) is 5.91 Å². The van der Waals surface area contributed by atoms with E-state index < -0.39 is 0 Å². The minimum atomic E-state index is -0.323. The van der Waals surface area contributed by atoms with Crippen molar-refractivity contribution < 1.29 is 13.9 Å². The fraction of sp³-hybridized carbons (Fsp3) is 0.0588. The molecule has 0 aromatic heterocycles. The molecular weight excluding hydrogens is 283 g/mol. The van der Waals surface area contributed by atoms with Crippen LogP contribution < -0.4 is 10.1 Å². The molecule has 0 saturated heterocycles. The number of aliphatic imine (C=N–C) groups is 1. The molecule has 0 spiro atoms. The Kier molecular flexibility index (Phi) is 3.70. The van der Waals surface area contributed by atoms with Crippen LogP contribution in [0.5, 0.6) is 5.75 Å². The second-order valence-corrected chi connectivity index (χ2v) is 4.70. The first-order valence-corrected chi connectivity index (χ1v) is 6.68. The second kappa shape index (κ2) is 5.81. The largest absolute Gasteiger partial charge is 0.496 e. The molecular formula is C17H13FN2O2. The van der Waals surface area contributed by atoms with E-state index >= 15 is 0 Å². The average molecular weight is 296 g/mol. The maximum absolute atomic E-state index is 12.9. The number of rotatable bonds is 3. The zero-order valence-electron chi connectivity index (χ0n) is 11.8. The first-order chi connectivity index (χ1) is 10.7. The van der Waals surface area contributed by atoms with Crippen molar-refractivity contribution in [2.45, 2.75) is 0 Å². The number of methoxy groups -OCH3 is 1. The number of ether oxygens (including phenoxy) is 1. The Balaban J connectivity index is 1.96. The molecule has 0 fully saturated rings. The highest BCUT2D eigenvalue weighted by molar-refractivity contribution is 6.20. The van der Waals surface area contributed by atoms with Gasteiger partial charge in [-0.15, -0.1) is 0 Å². The molecule has 0 atom stereocenters. The SMILES string of the molecule is COc1ccccc1C1=N/C(=C/c2ccc(F)cc2)C(=O)N1. The zero-order valence-corrected chi connectivity index (χ0v) is 11.8. The Morgan fingerprint density at radius 2 is 1.86 bits per heavy atom. The molecule has 1 aliphatic heterocycles. The van der Waals surface area contributed by atoms with Gasteiger partial charge in [-0.1, -0.05) is 24.3 Å². The van der Waals surface area contributed by atoms with Gasteiger partial charge in [0, 0.05) is 0 Å². The number of nitrogens with one attached hydrogen (secondary N) is 1. The minimum Gasteiger partial charge on any atom is -0.496 e. The number of para-hydroxylation sites is 1. The lowest BCUT2D eigenvalue weighted by Gasteiger charge is -2.06. The van der Waals surface area contributed by atoms with Crippen LogP contribution in [0, 0.1) is 5.82 Å². The van der Waals surface area contributed by atoms with Gasteiger partial charge < -0.3 is 10.1 Å². The van der Waals surface area contributed by atoms with Gasteiger partial charge in [0.1, 0.15) is 23.1 Å². The number of halogens is 1. The standard InChI is InChI=1S/C17H13FN2O2/c1-22-15-5-3-2-4-13(15)16-19-14(17(21)20-16)10-11-6-8-12(18)9-7-11/h2-10H,1H3,(H,19,20,21)/b14-10+. The summed E-state index contributed by atoms with van der Waals surface area (Å²) in [5.74, 6) is 0.446. The van der Waals surface area contributed by atoms with Crippen LogP contribution in [0.4, 0.5) is 4.39 Å². The molecule has 5 heteroatoms. The lowest BCUT2D eigenvalue weighted by molar-refractivity contribution is -0.115. The van der Waals surface area contributed by atoms with Crippen molar-refractivity contribution in [2.24, 2.45) is 4.99 Å². The molecule has 2 aromatic rings. The number of benzene rings is 2. The van der Waals surface area contributed by atoms with Gasteiger partial charge >= 0.3 is 0 Å². The van der Waals surface area contributed by atoms with Crippen LogP contribution >= 0.6 is 0 Å². The first kappa shape index (κ1) is 14.0. The lowest BCUT2D eigenvalue weighted by atomic mass is 10.2. The van der Waals surface area contributed by atoms with E-state index in [1.165, 1.54) is 12.1 Å². The van der Waals surface area contributed by atoms with Crippen LogP contribution in [-0.2, 0) is 4.79 Å². The molecule has 4 nitrogen and oxygen atoms in total. The fourth-order valence-electron chi connectivity index (χ4n) is 2.15. The number of amidine groups is 1. The summed E-state index contributed by atoms with van der Waals surface area (Å²) in [6.07, 6.45) is 1.61. The predicted molar refractivity (Wildman–Crippen MR) is 82.1 cm³/mol. The van der Waals surface area contributed by atoms with Crippen molar-refractivity contribution in [1.82, 2.24) is 5.32 Å². The highest BCUT2D eigenvalue weighted by Gasteiger charge is 2.23. The van der Waals surface area contributed by atoms with Crippen molar-refractivity contribution in [3.63, 3.8) is 0 Å². The summed E-state index contributed by atoms with van der Waals surface area (Å²) >= 11 is 0. The Hall–Kier alpha value is -2.95. The third kappa shape index (κ3) is 2.74. The smallest absolute Gasteiger partial charge is 0.275 e. The third-order valence-corrected chi connectivity index (χ3v) is 3.23. The molecule has 3 rings (SSSR count). The number of carbonyl (C=O) groups excluding carboxylic acids is 1. The van der Waals surface area contributed by atoms with Crippen LogP contribution in [-0.4, -0.2) is 18.9 Å². The van der Waals surface area contributed by atoms with E-state index in [2.05, 4.69) is 10.3 Å². The summed E-state index contributed by atoms with van der Waals surface area (Å²) < 4.78 is 18.2. The summed E-state index contributed by atoms with van der Waals surface area (Å²) in [4.78, 5) is 16.3. The average Bonchev–Trinajstić information content (AvgIpc) is 2.90. The summed E-state index contributed by atoms with van der Waals surface area (Å²) in [6, 6.07) is 13.2. The van der Waals surface area contributed by atoms with Gasteiger partial charge in [-0.3, -0.25) is 4.79 Å². The summed E-state index contributed by atoms with van der Waals surface area (Å²) in [5, 5.41) is 2.72. The van der Waals surface area contributed by atoms with Crippen molar-refractivity contribution in [1.29, 1.82) is 0 Å². The first-order valence-electron chi connectivity index (χ1n) is 6.68. The lowest BCUT2D eigenvalue weighted by Crippen LogP contribution is -2.25. The van der Waals surface area contributed by atoms with Gasteiger partial charge in [0.05, 0.1) is 12.7 Å². The summed E-state index contributed by atoms with van der Waals surface area (Å²) in [5.41, 5.74) is 1.69. The van der Waals surface area contributed by atoms with E-state index in [1.807, 2.05) is 18.2 Å². The molecule has 22 heavy (non-hydrogen) atoms. The normalized spacial score (nSPS) is 15.6. The highest BCUT2D eigenvalue weighted by atomic mass is 19.1. The molecule has 0 saturated carbocycles. The molecule has 0 bridgehead atoms. The van der Waals surface area contributed by atoms with Gasteiger partial charge in [-0.25, -0.2) is 9.38 Å². The van der Waals surface area contributed by atoms with Gasteiger partial charge in [0.2, 0.25) is 0 Å². The topological polar surface area (TPSA) is 50.7 Å². The second-order valence-electron chi connectivity index (χ2n) is 4.70. The van der Waals surface area contributed by atoms with Crippen LogP contribution in [0.1, 0.15) is 11.1 Å². The molecule has 1 heterocycles. The summed E-state index contributed by atoms with van der Waals surface area (Å²) in [6.45, 7) is 0. The van der Waals surface area contributed by atoms with Gasteiger partial charge in [-0.2, -0.15) is 0 Å². The molecule has 1 N–H and O–H groups in total. The maximum Gasteiger partial charge on any atom is 0.275 e. The number of amides is 1. The van der Waals surface area contributed by atoms with E-state index in [-0.39, 0.29) is 17.4 Å². The van der Waals surface area contributed by atoms with Crippen LogP contribution in [0.3, 0.4) is 0 Å². The molecule has 110 valence electrons. The zero-order chi connectivity index (χ0) is 15.5. The van der Waals surface area contributed by atoms with E-state index in [0.29, 0.717) is 22.7 Å².